The summed E-state index contributed by atoms with van der Waals surface area (Å²) >= 11 is 0. The maximum absolute atomic E-state index is 12.5. The van der Waals surface area contributed by atoms with E-state index >= 15 is 0 Å². The summed E-state index contributed by atoms with van der Waals surface area (Å²) in [5, 5.41) is 9.55. The highest BCUT2D eigenvalue weighted by Gasteiger charge is 2.48. The van der Waals surface area contributed by atoms with Crippen LogP contribution in [0, 0.1) is 0 Å². The molecule has 0 aliphatic heterocycles. The first-order chi connectivity index (χ1) is 21.6. The van der Waals surface area contributed by atoms with Crippen LogP contribution in [0.25, 0.3) is 44.8 Å². The summed E-state index contributed by atoms with van der Waals surface area (Å²) in [5.74, 6) is -0.135. The van der Waals surface area contributed by atoms with Crippen molar-refractivity contribution < 1.29 is 30.9 Å². The lowest BCUT2D eigenvalue weighted by Gasteiger charge is -2.11. The monoisotopic (exact) mass is 626 g/mol. The van der Waals surface area contributed by atoms with Gasteiger partial charge < -0.3 is 9.29 Å². The molecule has 1 N–H and O–H groups in total. The lowest BCUT2D eigenvalue weighted by atomic mass is 10.0. The van der Waals surface area contributed by atoms with Crippen LogP contribution in [0.3, 0.4) is 0 Å². The van der Waals surface area contributed by atoms with E-state index < -0.39 is 21.4 Å². The van der Waals surface area contributed by atoms with E-state index in [-0.39, 0.29) is 5.75 Å². The molecule has 10 heteroatoms. The molecule has 0 fully saturated rings. The summed E-state index contributed by atoms with van der Waals surface area (Å²) < 4.78 is 63.9. The molecule has 0 spiro atoms. The zero-order chi connectivity index (χ0) is 31.9. The van der Waals surface area contributed by atoms with Gasteiger partial charge in [-0.15, -0.1) is 0 Å². The molecule has 0 amide bonds. The van der Waals surface area contributed by atoms with E-state index in [2.05, 4.69) is 20.2 Å². The van der Waals surface area contributed by atoms with Crippen LogP contribution in [0.15, 0.2) is 146 Å². The lowest BCUT2D eigenvalue weighted by molar-refractivity contribution is -0.0500. The normalized spacial score (nSPS) is 11.3. The van der Waals surface area contributed by atoms with Gasteiger partial charge in [0.25, 0.3) is 0 Å². The van der Waals surface area contributed by atoms with Gasteiger partial charge in [-0.3, -0.25) is 9.97 Å². The molecule has 2 heterocycles. The second-order valence-corrected chi connectivity index (χ2v) is 11.2. The first kappa shape index (κ1) is 31.0. The average molecular weight is 627 g/mol. The summed E-state index contributed by atoms with van der Waals surface area (Å²) in [6, 6.07) is 39.4. The smallest absolute Gasteiger partial charge is 0.508 e. The van der Waals surface area contributed by atoms with Crippen molar-refractivity contribution >= 4 is 10.1 Å². The predicted molar refractivity (Wildman–Crippen MR) is 167 cm³/mol. The van der Waals surface area contributed by atoms with Crippen molar-refractivity contribution in [3.05, 3.63) is 146 Å². The number of benzene rings is 4. The van der Waals surface area contributed by atoms with E-state index in [9.17, 15) is 26.7 Å². The number of rotatable bonds is 6. The van der Waals surface area contributed by atoms with E-state index in [4.69, 9.17) is 0 Å². The molecule has 6 rings (SSSR count). The molecule has 0 radical (unpaired) electrons. The van der Waals surface area contributed by atoms with Crippen LogP contribution in [0.1, 0.15) is 0 Å². The Bertz CT molecular complexity index is 2000. The third-order valence-electron chi connectivity index (χ3n) is 6.48. The van der Waals surface area contributed by atoms with Crippen LogP contribution in [0.2, 0.25) is 0 Å². The van der Waals surface area contributed by atoms with Crippen LogP contribution in [0.5, 0.6) is 11.5 Å². The molecule has 0 saturated carbocycles. The van der Waals surface area contributed by atoms with Crippen LogP contribution < -0.4 is 4.18 Å². The number of hydrogen-bond donors (Lipinski definition) is 1. The number of nitrogens with zero attached hydrogens (tertiary/aromatic N) is 2. The van der Waals surface area contributed by atoms with E-state index in [0.717, 1.165) is 39.7 Å². The van der Waals surface area contributed by atoms with Crippen molar-refractivity contribution in [2.75, 3.05) is 0 Å². The third-order valence-corrected chi connectivity index (χ3v) is 7.46. The number of aromatic nitrogens is 2. The third kappa shape index (κ3) is 7.92. The fraction of sp³-hybridized carbons (Fsp3) is 0.0286. The maximum atomic E-state index is 12.5. The minimum atomic E-state index is -5.71. The Labute approximate surface area is 258 Å². The van der Waals surface area contributed by atoms with Gasteiger partial charge in [0.15, 0.2) is 0 Å². The van der Waals surface area contributed by atoms with Gasteiger partial charge in [0, 0.05) is 23.5 Å². The highest BCUT2D eigenvalue weighted by atomic mass is 32.2. The molecule has 0 aliphatic carbocycles. The van der Waals surface area contributed by atoms with Gasteiger partial charge in [-0.2, -0.15) is 21.6 Å². The largest absolute Gasteiger partial charge is 0.534 e. The van der Waals surface area contributed by atoms with E-state index in [1.807, 2.05) is 66.7 Å². The van der Waals surface area contributed by atoms with E-state index in [1.165, 1.54) is 12.1 Å². The van der Waals surface area contributed by atoms with E-state index in [1.54, 1.807) is 54.9 Å². The molecule has 45 heavy (non-hydrogen) atoms. The van der Waals surface area contributed by atoms with Gasteiger partial charge in [-0.05, 0) is 82.9 Å². The minimum Gasteiger partial charge on any atom is -0.508 e. The van der Waals surface area contributed by atoms with Gasteiger partial charge in [-0.1, -0.05) is 72.8 Å². The Hall–Kier alpha value is -5.48. The Morgan fingerprint density at radius 2 is 0.978 bits per heavy atom. The van der Waals surface area contributed by atoms with Gasteiger partial charge in [0.05, 0.1) is 11.4 Å². The number of pyridine rings is 2. The van der Waals surface area contributed by atoms with Gasteiger partial charge in [0.1, 0.15) is 11.5 Å². The lowest BCUT2D eigenvalue weighted by Crippen LogP contribution is -2.28. The quantitative estimate of drug-likeness (QED) is 0.147. The van der Waals surface area contributed by atoms with Gasteiger partial charge in [0.2, 0.25) is 0 Å². The van der Waals surface area contributed by atoms with Crippen molar-refractivity contribution in [3.63, 3.8) is 0 Å². The van der Waals surface area contributed by atoms with Crippen LogP contribution >= 0.6 is 0 Å². The molecule has 0 bridgehead atoms. The molecular weight excluding hydrogens is 601 g/mol. The SMILES string of the molecule is O=S(=O)(Oc1cccc(-c2cccc(-c3ccccn3)c2)c1)C(F)(F)F.Oc1cccc(-c2cccc(-c3ccccn3)c2)c1. The van der Waals surface area contributed by atoms with Gasteiger partial charge >= 0.3 is 15.6 Å². The molecular formula is C35H25F3N2O4S. The summed E-state index contributed by atoms with van der Waals surface area (Å²) in [6.45, 7) is 0. The number of aromatic hydroxyl groups is 1. The highest BCUT2D eigenvalue weighted by molar-refractivity contribution is 7.88. The summed E-state index contributed by atoms with van der Waals surface area (Å²) in [4.78, 5) is 8.60. The van der Waals surface area contributed by atoms with Crippen molar-refractivity contribution in [2.24, 2.45) is 0 Å². The minimum absolute atomic E-state index is 0.278. The summed E-state index contributed by atoms with van der Waals surface area (Å²) in [5.41, 5.74) is 1.35. The Balaban J connectivity index is 0.000000186. The topological polar surface area (TPSA) is 89.4 Å². The van der Waals surface area contributed by atoms with Crippen LogP contribution in [-0.4, -0.2) is 29.0 Å². The number of phenols is 1. The number of hydrogen-bond acceptors (Lipinski definition) is 6. The summed E-state index contributed by atoms with van der Waals surface area (Å²) in [7, 11) is -5.71. The average Bonchev–Trinajstić information content (AvgIpc) is 3.05. The second-order valence-electron chi connectivity index (χ2n) is 9.65. The van der Waals surface area contributed by atoms with Crippen molar-refractivity contribution in [2.45, 2.75) is 5.51 Å². The molecule has 0 unspecified atom stereocenters. The standard InChI is InChI=1S/C18H12F3NO3S.C17H13NO/c19-18(20,21)26(23,24)25-16-8-4-6-14(12-16)13-5-3-7-15(11-13)17-9-1-2-10-22-17;19-16-8-4-6-14(12-16)13-5-3-7-15(11-13)17-9-1-2-10-18-17/h1-12H;1-12,19H. The van der Waals surface area contributed by atoms with Crippen LogP contribution in [0.4, 0.5) is 13.2 Å². The molecule has 226 valence electrons. The number of phenolic OH excluding ortho intramolecular Hbond substituents is 1. The van der Waals surface area contributed by atoms with Gasteiger partial charge in [-0.25, -0.2) is 0 Å². The zero-order valence-electron chi connectivity index (χ0n) is 23.5. The van der Waals surface area contributed by atoms with Crippen molar-refractivity contribution in [1.82, 2.24) is 9.97 Å². The van der Waals surface area contributed by atoms with Crippen molar-refractivity contribution in [1.29, 1.82) is 0 Å². The maximum Gasteiger partial charge on any atom is 0.534 e. The van der Waals surface area contributed by atoms with Crippen LogP contribution in [-0.2, 0) is 10.1 Å². The van der Waals surface area contributed by atoms with E-state index in [0.29, 0.717) is 11.1 Å². The fourth-order valence-corrected chi connectivity index (χ4v) is 4.82. The molecule has 4 aromatic carbocycles. The molecule has 0 aliphatic rings. The van der Waals surface area contributed by atoms with Crippen molar-refractivity contribution in [3.8, 4) is 56.3 Å². The molecule has 6 nitrogen and oxygen atoms in total. The Kier molecular flexibility index (Phi) is 9.25. The molecule has 0 saturated heterocycles. The predicted octanol–water partition coefficient (Wildman–Crippen LogP) is 8.77. The zero-order valence-corrected chi connectivity index (χ0v) is 24.3. The first-order valence-electron chi connectivity index (χ1n) is 13.5. The number of halogens is 3. The second kappa shape index (κ2) is 13.4. The Morgan fingerprint density at radius 1 is 0.533 bits per heavy atom. The number of alkyl halides is 3. The first-order valence-corrected chi connectivity index (χ1v) is 14.9. The molecule has 6 aromatic rings. The highest BCUT2D eigenvalue weighted by Crippen LogP contribution is 2.31. The molecule has 2 aromatic heterocycles. The summed E-state index contributed by atoms with van der Waals surface area (Å²) in [6.07, 6.45) is 3.44. The fourth-order valence-electron chi connectivity index (χ4n) is 4.37. The molecule has 0 atom stereocenters. The Morgan fingerprint density at radius 3 is 1.44 bits per heavy atom.